The van der Waals surface area contributed by atoms with Crippen LogP contribution in [0.25, 0.3) is 0 Å². The molecule has 0 bridgehead atoms. The molecule has 7 heteroatoms. The molecule has 0 N–H and O–H groups in total. The molecule has 2 aromatic carbocycles. The van der Waals surface area contributed by atoms with Crippen LogP contribution in [0.4, 0.5) is 4.39 Å². The van der Waals surface area contributed by atoms with E-state index in [2.05, 4.69) is 6.92 Å². The summed E-state index contributed by atoms with van der Waals surface area (Å²) in [7, 11) is -3.62. The lowest BCUT2D eigenvalue weighted by Crippen LogP contribution is -2.37. The molecule has 0 unspecified atom stereocenters. The Morgan fingerprint density at radius 2 is 1.71 bits per heavy atom. The molecule has 1 fully saturated rings. The van der Waals surface area contributed by atoms with Gasteiger partial charge in [-0.2, -0.15) is 4.31 Å². The van der Waals surface area contributed by atoms with Crippen molar-refractivity contribution in [3.05, 3.63) is 65.5 Å². The van der Waals surface area contributed by atoms with Gasteiger partial charge in [0.05, 0.1) is 10.5 Å². The van der Waals surface area contributed by atoms with Gasteiger partial charge in [0.25, 0.3) is 5.91 Å². The quantitative estimate of drug-likeness (QED) is 0.768. The van der Waals surface area contributed by atoms with Gasteiger partial charge in [0.15, 0.2) is 0 Å². The fourth-order valence-electron chi connectivity index (χ4n) is 3.41. The molecule has 0 aliphatic carbocycles. The molecule has 1 aliphatic heterocycles. The van der Waals surface area contributed by atoms with Crippen LogP contribution in [0, 0.1) is 5.82 Å². The maximum absolute atomic E-state index is 13.9. The van der Waals surface area contributed by atoms with E-state index in [0.717, 1.165) is 18.4 Å². The highest BCUT2D eigenvalue weighted by Crippen LogP contribution is 2.20. The molecule has 2 aromatic rings. The number of nitrogens with zero attached hydrogens (tertiary/aromatic N) is 2. The number of sulfonamides is 1. The predicted octanol–water partition coefficient (Wildman–Crippen LogP) is 3.32. The molecule has 0 atom stereocenters. The first kappa shape index (κ1) is 20.5. The molecule has 0 spiro atoms. The van der Waals surface area contributed by atoms with Crippen molar-refractivity contribution in [1.29, 1.82) is 0 Å². The SMILES string of the molecule is CCCc1ccc(S(=O)(=O)N2CCCN(C(=O)c3ccccc3F)CC2)cc1. The van der Waals surface area contributed by atoms with Gasteiger partial charge in [-0.15, -0.1) is 0 Å². The first-order valence-electron chi connectivity index (χ1n) is 9.56. The van der Waals surface area contributed by atoms with Gasteiger partial charge in [0, 0.05) is 26.2 Å². The number of carbonyl (C=O) groups is 1. The molecule has 1 saturated heterocycles. The molecule has 1 aliphatic rings. The van der Waals surface area contributed by atoms with E-state index in [1.54, 1.807) is 18.2 Å². The van der Waals surface area contributed by atoms with Crippen molar-refractivity contribution in [2.45, 2.75) is 31.1 Å². The number of halogens is 1. The highest BCUT2D eigenvalue weighted by molar-refractivity contribution is 7.89. The molecule has 1 amide bonds. The average Bonchev–Trinajstić information content (AvgIpc) is 2.95. The Balaban J connectivity index is 1.72. The zero-order valence-electron chi connectivity index (χ0n) is 16.0. The largest absolute Gasteiger partial charge is 0.337 e. The third-order valence-electron chi connectivity index (χ3n) is 4.95. The van der Waals surface area contributed by atoms with E-state index in [4.69, 9.17) is 0 Å². The number of amides is 1. The van der Waals surface area contributed by atoms with Gasteiger partial charge in [-0.3, -0.25) is 4.79 Å². The lowest BCUT2D eigenvalue weighted by atomic mass is 10.1. The summed E-state index contributed by atoms with van der Waals surface area (Å²) >= 11 is 0. The van der Waals surface area contributed by atoms with E-state index in [0.29, 0.717) is 19.5 Å². The maximum Gasteiger partial charge on any atom is 0.256 e. The van der Waals surface area contributed by atoms with Crippen LogP contribution in [0.2, 0.25) is 0 Å². The Hall–Kier alpha value is -2.25. The minimum atomic E-state index is -3.62. The van der Waals surface area contributed by atoms with Gasteiger partial charge < -0.3 is 4.90 Å². The van der Waals surface area contributed by atoms with Crippen LogP contribution in [-0.4, -0.2) is 49.7 Å². The molecule has 28 heavy (non-hydrogen) atoms. The number of hydrogen-bond donors (Lipinski definition) is 0. The minimum absolute atomic E-state index is 0.0188. The second-order valence-corrected chi connectivity index (χ2v) is 8.86. The summed E-state index contributed by atoms with van der Waals surface area (Å²) in [5.74, 6) is -0.963. The van der Waals surface area contributed by atoms with Crippen molar-refractivity contribution in [3.63, 3.8) is 0 Å². The van der Waals surface area contributed by atoms with E-state index in [1.165, 1.54) is 27.4 Å². The van der Waals surface area contributed by atoms with Crippen LogP contribution in [0.1, 0.15) is 35.7 Å². The van der Waals surface area contributed by atoms with Crippen LogP contribution >= 0.6 is 0 Å². The average molecular weight is 405 g/mol. The number of rotatable bonds is 5. The third-order valence-corrected chi connectivity index (χ3v) is 6.86. The topological polar surface area (TPSA) is 57.7 Å². The van der Waals surface area contributed by atoms with Crippen LogP contribution in [0.3, 0.4) is 0 Å². The zero-order chi connectivity index (χ0) is 20.1. The monoisotopic (exact) mass is 404 g/mol. The summed E-state index contributed by atoms with van der Waals surface area (Å²) in [5.41, 5.74) is 1.13. The lowest BCUT2D eigenvalue weighted by molar-refractivity contribution is 0.0759. The number of aryl methyl sites for hydroxylation is 1. The van der Waals surface area contributed by atoms with Gasteiger partial charge in [0.1, 0.15) is 5.82 Å². The fourth-order valence-corrected chi connectivity index (χ4v) is 4.88. The third kappa shape index (κ3) is 4.42. The summed E-state index contributed by atoms with van der Waals surface area (Å²) in [6.45, 7) is 3.24. The molecule has 0 radical (unpaired) electrons. The van der Waals surface area contributed by atoms with E-state index < -0.39 is 21.7 Å². The summed E-state index contributed by atoms with van der Waals surface area (Å²) in [4.78, 5) is 14.4. The normalized spacial score (nSPS) is 16.0. The van der Waals surface area contributed by atoms with Crippen molar-refractivity contribution in [1.82, 2.24) is 9.21 Å². The predicted molar refractivity (Wildman–Crippen MR) is 106 cm³/mol. The fraction of sp³-hybridized carbons (Fsp3) is 0.381. The highest BCUT2D eigenvalue weighted by atomic mass is 32.2. The smallest absolute Gasteiger partial charge is 0.256 e. The molecule has 150 valence electrons. The summed E-state index contributed by atoms with van der Waals surface area (Å²) < 4.78 is 41.3. The van der Waals surface area contributed by atoms with Gasteiger partial charge in [-0.1, -0.05) is 37.6 Å². The summed E-state index contributed by atoms with van der Waals surface area (Å²) in [6, 6.07) is 12.9. The van der Waals surface area contributed by atoms with Gasteiger partial charge >= 0.3 is 0 Å². The number of hydrogen-bond acceptors (Lipinski definition) is 3. The van der Waals surface area contributed by atoms with E-state index in [1.807, 2.05) is 12.1 Å². The second kappa shape index (κ2) is 8.84. The summed E-state index contributed by atoms with van der Waals surface area (Å²) in [5, 5.41) is 0. The first-order chi connectivity index (χ1) is 13.4. The lowest BCUT2D eigenvalue weighted by Gasteiger charge is -2.22. The number of carbonyl (C=O) groups excluding carboxylic acids is 1. The van der Waals surface area contributed by atoms with Gasteiger partial charge in [-0.05, 0) is 42.7 Å². The first-order valence-corrected chi connectivity index (χ1v) is 11.0. The number of benzene rings is 2. The van der Waals surface area contributed by atoms with Gasteiger partial charge in [0.2, 0.25) is 10.0 Å². The van der Waals surface area contributed by atoms with Crippen LogP contribution < -0.4 is 0 Å². The molecule has 3 rings (SSSR count). The van der Waals surface area contributed by atoms with Gasteiger partial charge in [-0.25, -0.2) is 12.8 Å². The molecule has 0 aromatic heterocycles. The van der Waals surface area contributed by atoms with Crippen molar-refractivity contribution >= 4 is 15.9 Å². The molecular formula is C21H25FN2O3S. The Morgan fingerprint density at radius 1 is 1.00 bits per heavy atom. The van der Waals surface area contributed by atoms with Crippen molar-refractivity contribution in [2.24, 2.45) is 0 Å². The van der Waals surface area contributed by atoms with E-state index in [9.17, 15) is 17.6 Å². The van der Waals surface area contributed by atoms with E-state index in [-0.39, 0.29) is 23.5 Å². The summed E-state index contributed by atoms with van der Waals surface area (Å²) in [6.07, 6.45) is 2.43. The van der Waals surface area contributed by atoms with Crippen LogP contribution in [0.5, 0.6) is 0 Å². The molecular weight excluding hydrogens is 379 g/mol. The second-order valence-electron chi connectivity index (χ2n) is 6.92. The van der Waals surface area contributed by atoms with Crippen LogP contribution in [-0.2, 0) is 16.4 Å². The van der Waals surface area contributed by atoms with Crippen molar-refractivity contribution in [3.8, 4) is 0 Å². The van der Waals surface area contributed by atoms with Crippen molar-refractivity contribution in [2.75, 3.05) is 26.2 Å². The maximum atomic E-state index is 13.9. The van der Waals surface area contributed by atoms with E-state index >= 15 is 0 Å². The highest BCUT2D eigenvalue weighted by Gasteiger charge is 2.29. The minimum Gasteiger partial charge on any atom is -0.337 e. The Morgan fingerprint density at radius 3 is 2.39 bits per heavy atom. The van der Waals surface area contributed by atoms with Crippen LogP contribution in [0.15, 0.2) is 53.4 Å². The Bertz CT molecular complexity index is 929. The zero-order valence-corrected chi connectivity index (χ0v) is 16.8. The van der Waals surface area contributed by atoms with Crippen molar-refractivity contribution < 1.29 is 17.6 Å². The molecule has 0 saturated carbocycles. The standard InChI is InChI=1S/C21H25FN2O3S/c1-2-6-17-9-11-18(12-10-17)28(26,27)24-14-5-13-23(15-16-24)21(25)19-7-3-4-8-20(19)22/h3-4,7-12H,2,5-6,13-16H2,1H3. The Labute approximate surface area is 165 Å². The Kier molecular flexibility index (Phi) is 6.46. The molecule has 1 heterocycles. The molecule has 5 nitrogen and oxygen atoms in total.